The summed E-state index contributed by atoms with van der Waals surface area (Å²) in [5.74, 6) is -0.417. The zero-order chi connectivity index (χ0) is 107. The smallest absolute Gasteiger partial charge is 0.386 e. The van der Waals surface area contributed by atoms with Gasteiger partial charge in [0.2, 0.25) is 9.84 Å². The highest BCUT2D eigenvalue weighted by Gasteiger charge is 2.55. The third kappa shape index (κ3) is 29.6. The number of alkyl halides is 6. The second-order valence-electron chi connectivity index (χ2n) is 42.2. The number of halogens is 8. The summed E-state index contributed by atoms with van der Waals surface area (Å²) in [6.07, 6.45) is -10.0. The lowest BCUT2D eigenvalue weighted by Crippen LogP contribution is -2.40. The molecule has 0 aliphatic heterocycles. The van der Waals surface area contributed by atoms with E-state index >= 15 is 0 Å². The van der Waals surface area contributed by atoms with Gasteiger partial charge in [0.15, 0.2) is 11.2 Å². The van der Waals surface area contributed by atoms with Crippen LogP contribution in [0.4, 0.5) is 30.7 Å². The second kappa shape index (κ2) is 43.1. The van der Waals surface area contributed by atoms with Crippen molar-refractivity contribution in [2.45, 2.75) is 380 Å². The predicted octanol–water partition coefficient (Wildman–Crippen LogP) is 23.0. The first-order valence-electron chi connectivity index (χ1n) is 44.7. The summed E-state index contributed by atoms with van der Waals surface area (Å²) < 4.78 is 133. The van der Waals surface area contributed by atoms with Crippen LogP contribution in [0.5, 0.6) is 0 Å². The van der Waals surface area contributed by atoms with Gasteiger partial charge in [0, 0.05) is 26.1 Å². The third-order valence-electron chi connectivity index (χ3n) is 24.5. The van der Waals surface area contributed by atoms with Crippen molar-refractivity contribution >= 4 is 36.6 Å². The molecule has 17 nitrogen and oxygen atoms in total. The van der Waals surface area contributed by atoms with Gasteiger partial charge in [0.1, 0.15) is 5.82 Å². The van der Waals surface area contributed by atoms with E-state index in [9.17, 15) is 115 Å². The Morgan fingerprint density at radius 3 is 0.787 bits per heavy atom. The molecule has 0 aliphatic carbocycles. The minimum atomic E-state index is -5.08. The van der Waals surface area contributed by atoms with Gasteiger partial charge >= 0.3 is 12.4 Å². The van der Waals surface area contributed by atoms with Gasteiger partial charge in [-0.3, -0.25) is 0 Å². The number of benzene rings is 9. The molecule has 0 aliphatic rings. The summed E-state index contributed by atoms with van der Waals surface area (Å²) in [6.45, 7) is 68.0. The van der Waals surface area contributed by atoms with Gasteiger partial charge in [-0.25, -0.2) is 17.0 Å². The van der Waals surface area contributed by atoms with E-state index in [4.69, 9.17) is 0 Å². The fraction of sp³-hybridized carbons (Fsp3) is 0.505. The Bertz CT molecular complexity index is 5660. The molecule has 9 rings (SSSR count). The van der Waals surface area contributed by atoms with Gasteiger partial charge in [0.05, 0.1) is 92.7 Å². The van der Waals surface area contributed by atoms with Crippen molar-refractivity contribution in [1.29, 1.82) is 0 Å². The average Bonchev–Trinajstić information content (AvgIpc) is 0.750. The molecule has 0 fully saturated rings. The normalized spacial score (nSPS) is 14.1. The molecular formula is C109H152BrF7O17S2. The highest BCUT2D eigenvalue weighted by Crippen LogP contribution is 2.48. The summed E-state index contributed by atoms with van der Waals surface area (Å²) in [4.78, 5) is -0.945. The summed E-state index contributed by atoms with van der Waals surface area (Å²) in [5.41, 5.74) is 2.38. The summed E-state index contributed by atoms with van der Waals surface area (Å²) in [6, 6.07) is 29.3. The van der Waals surface area contributed by atoms with Crippen LogP contribution < -0.4 is 0 Å². The molecule has 0 amide bonds. The monoisotopic (exact) mass is 2010 g/mol. The molecule has 136 heavy (non-hydrogen) atoms. The summed E-state index contributed by atoms with van der Waals surface area (Å²) in [5, 5.41) is 143. The van der Waals surface area contributed by atoms with Crippen LogP contribution in [-0.4, -0.2) is 96.5 Å². The number of aliphatic hydroxyl groups is 14. The Kier molecular flexibility index (Phi) is 38.9. The highest BCUT2D eigenvalue weighted by atomic mass is 79.9. The molecule has 27 heteroatoms. The molecule has 0 heterocycles. The first kappa shape index (κ1) is 123. The van der Waals surface area contributed by atoms with Crippen LogP contribution in [0.3, 0.4) is 0 Å². The van der Waals surface area contributed by atoms with Gasteiger partial charge < -0.3 is 71.5 Å². The first-order valence-corrected chi connectivity index (χ1v) is 48.1. The quantitative estimate of drug-likeness (QED) is 0.0355. The van der Waals surface area contributed by atoms with Gasteiger partial charge in [0.25, 0.3) is 0 Å². The van der Waals surface area contributed by atoms with Gasteiger partial charge in [-0.15, -0.1) is 0 Å². The SMILES string of the molecule is CC(C)(O)c1ccc(F)cc1C(C)(C)O.CC(C)(O)c1ccccc1S(=O)(=O)c1ccccc1C(C)(O)C(F)(F)F.CC(C)(O)c1ccccc1S(=O)c1ccccc1C(C)(O)C(F)(F)F.Cc1c(C)c(C(C)(C)O)c(C)c(C(C)(C)O)c1C.Cc1c(C)c(C(C)(C)O)c(C)c(C)c1C(C)(C)O.Cc1c(C)c(C)c(C(C)(C)O)c(C(C)(C)O)c1C.Cc1cc(C(C)(C)O)c(C(C)(C)O)cc1Br. The molecule has 3 unspecified atom stereocenters. The topological polar surface area (TPSA) is 334 Å². The fourth-order valence-electron chi connectivity index (χ4n) is 17.4. The molecule has 0 radical (unpaired) electrons. The summed E-state index contributed by atoms with van der Waals surface area (Å²) in [7, 11) is -6.46. The fourth-order valence-corrected chi connectivity index (χ4v) is 21.3. The number of hydrogen-bond acceptors (Lipinski definition) is 17. The Hall–Kier alpha value is -7.49. The maximum atomic E-state index is 13.3. The number of sulfone groups is 1. The minimum absolute atomic E-state index is 0.0430. The van der Waals surface area contributed by atoms with E-state index in [-0.39, 0.29) is 20.2 Å². The first-order chi connectivity index (χ1) is 60.4. The number of rotatable bonds is 18. The van der Waals surface area contributed by atoms with Crippen LogP contribution in [0.2, 0.25) is 0 Å². The Morgan fingerprint density at radius 2 is 0.478 bits per heavy atom. The van der Waals surface area contributed by atoms with E-state index in [1.54, 1.807) is 129 Å². The van der Waals surface area contributed by atoms with Crippen molar-refractivity contribution in [2.24, 2.45) is 0 Å². The zero-order valence-corrected chi connectivity index (χ0v) is 90.2. The largest absolute Gasteiger partial charge is 0.421 e. The molecule has 0 saturated carbocycles. The second-order valence-corrected chi connectivity index (χ2v) is 46.3. The molecule has 0 saturated heterocycles. The minimum Gasteiger partial charge on any atom is -0.386 e. The third-order valence-corrected chi connectivity index (χ3v) is 28.8. The van der Waals surface area contributed by atoms with Crippen molar-refractivity contribution in [2.75, 3.05) is 0 Å². The predicted molar refractivity (Wildman–Crippen MR) is 532 cm³/mol. The molecule has 14 N–H and O–H groups in total. The zero-order valence-electron chi connectivity index (χ0n) is 87.0. The van der Waals surface area contributed by atoms with E-state index in [0.29, 0.717) is 30.5 Å². The van der Waals surface area contributed by atoms with Crippen molar-refractivity contribution < 1.29 is 115 Å². The average molecular weight is 2010 g/mol. The van der Waals surface area contributed by atoms with Gasteiger partial charge in [-0.1, -0.05) is 101 Å². The van der Waals surface area contributed by atoms with E-state index in [1.807, 2.05) is 109 Å². The van der Waals surface area contributed by atoms with Crippen LogP contribution in [0.1, 0.15) is 330 Å². The highest BCUT2D eigenvalue weighted by molar-refractivity contribution is 9.10. The lowest BCUT2D eigenvalue weighted by atomic mass is 9.77. The molecule has 0 bridgehead atoms. The van der Waals surface area contributed by atoms with E-state index in [2.05, 4.69) is 36.7 Å². The van der Waals surface area contributed by atoms with Crippen molar-refractivity contribution in [3.8, 4) is 0 Å². The van der Waals surface area contributed by atoms with Crippen LogP contribution >= 0.6 is 15.9 Å². The van der Waals surface area contributed by atoms with E-state index < -0.39 is 133 Å². The molecule has 758 valence electrons. The molecule has 9 aromatic carbocycles. The number of hydrogen-bond donors (Lipinski definition) is 14. The van der Waals surface area contributed by atoms with E-state index in [0.717, 1.165) is 128 Å². The van der Waals surface area contributed by atoms with Crippen LogP contribution in [0.25, 0.3) is 0 Å². The number of aryl methyl sites for hydroxylation is 1. The lowest BCUT2D eigenvalue weighted by Gasteiger charge is -2.33. The van der Waals surface area contributed by atoms with Crippen molar-refractivity contribution in [1.82, 2.24) is 0 Å². The van der Waals surface area contributed by atoms with Crippen LogP contribution in [0, 0.1) is 95.8 Å². The van der Waals surface area contributed by atoms with Crippen molar-refractivity contribution in [3.63, 3.8) is 0 Å². The van der Waals surface area contributed by atoms with E-state index in [1.165, 1.54) is 118 Å². The summed E-state index contributed by atoms with van der Waals surface area (Å²) >= 11 is 3.45. The standard InChI is InChI=1S/C18H19F3O4S.C18H19F3O3S.3C16H26O2.C13H19BrO2.C12H17FO2/c1-16(2,22)12-8-4-6-10-14(12)26(24,25)15-11-7-5-9-13(15)17(3,23)18(19,20)21;1-16(2,22)12-8-4-6-10-14(12)25(24)15-11-7-5-9-13(15)17(3,23)18(19,20)21;1-9-10(2)14(16(7,8)18)12(4)11(3)13(9)15(5,6)17;1-9-10(2)13(15(5,6)17)12(4)14(11(9)3)16(7,8)18;1-9-10(2)12(4)14(16(7,8)18)13(11(9)3)15(5,6)17;1-8-6-9(12(2,3)15)10(7-11(8)14)13(4,5)16;1-11(2,14)9-6-5-8(13)7-10(9)12(3,4)15/h4-11,22-23H,1-3H3;4-11,22-23H,1-3H3;3*17-18H,1-8H3;6-7,15-16H,1-5H3;5-7,14-15H,1-4H3. The lowest BCUT2D eigenvalue weighted by molar-refractivity contribution is -0.260. The van der Waals surface area contributed by atoms with Gasteiger partial charge in [-0.05, 0) is 446 Å². The van der Waals surface area contributed by atoms with Crippen LogP contribution in [0.15, 0.2) is 151 Å². The maximum Gasteiger partial charge on any atom is 0.421 e. The molecule has 0 spiro atoms. The Labute approximate surface area is 814 Å². The molecule has 9 aromatic rings. The molecule has 3 atom stereocenters. The van der Waals surface area contributed by atoms with Gasteiger partial charge in [-0.2, -0.15) is 26.3 Å². The Morgan fingerprint density at radius 1 is 0.250 bits per heavy atom. The maximum absolute atomic E-state index is 13.3. The Balaban J connectivity index is 0.000000412. The molecule has 0 aromatic heterocycles. The van der Waals surface area contributed by atoms with Crippen molar-refractivity contribution in [3.05, 3.63) is 288 Å². The van der Waals surface area contributed by atoms with Crippen LogP contribution in [-0.2, 0) is 99.1 Å². The molecular weight excluding hydrogens is 1860 g/mol.